The lowest BCUT2D eigenvalue weighted by molar-refractivity contribution is -0.242. The molecule has 3 aromatic carbocycles. The number of aromatic nitrogens is 3. The minimum absolute atomic E-state index is 0.0140. The Morgan fingerprint density at radius 1 is 0.933 bits per heavy atom. The highest BCUT2D eigenvalue weighted by Gasteiger charge is 2.43. The standard InChI is InChI=1S/C39H36F4N6O10S/c1-23(24-4-9-28(40)10-5-24)34(50)44-29-11-6-25(7-12-29)27-8-15-33-45-37(46-48(33)21-27)49(31-14-13-30(60(3,54)55)20-32(31)56-2)38(53)58-22-57-35(51)26-16-18-47(19-17-26)59-36(52)39(41,42)43/h4-15,20-21,23,26H,16-19,22H2,1-3H3,(H,44,50)/t23-/m1/s1. The number of hydroxylamine groups is 2. The lowest BCUT2D eigenvalue weighted by Gasteiger charge is -2.29. The molecule has 1 atom stereocenters. The maximum atomic E-state index is 13.7. The topological polar surface area (TPSA) is 188 Å². The van der Waals surface area contributed by atoms with Crippen LogP contribution in [0.2, 0.25) is 0 Å². The van der Waals surface area contributed by atoms with Crippen molar-refractivity contribution in [3.8, 4) is 16.9 Å². The summed E-state index contributed by atoms with van der Waals surface area (Å²) in [6.45, 7) is 0.451. The summed E-state index contributed by atoms with van der Waals surface area (Å²) in [6, 6.07) is 19.7. The Balaban J connectivity index is 1.18. The second-order valence-electron chi connectivity index (χ2n) is 13.5. The molecule has 1 fully saturated rings. The molecule has 60 heavy (non-hydrogen) atoms. The van der Waals surface area contributed by atoms with Crippen LogP contribution in [0.5, 0.6) is 5.75 Å². The molecule has 16 nitrogen and oxygen atoms in total. The molecule has 0 saturated carbocycles. The molecule has 0 bridgehead atoms. The Bertz CT molecular complexity index is 2510. The van der Waals surface area contributed by atoms with E-state index in [1.807, 2.05) is 0 Å². The lowest BCUT2D eigenvalue weighted by Crippen LogP contribution is -2.41. The summed E-state index contributed by atoms with van der Waals surface area (Å²) in [5.41, 5.74) is 2.80. The third kappa shape index (κ3) is 10.1. The number of nitrogens with one attached hydrogen (secondary N) is 1. The molecule has 1 aliphatic rings. The average Bonchev–Trinajstić information content (AvgIpc) is 3.63. The Morgan fingerprint density at radius 3 is 2.23 bits per heavy atom. The highest BCUT2D eigenvalue weighted by Crippen LogP contribution is 2.36. The summed E-state index contributed by atoms with van der Waals surface area (Å²) in [5.74, 6) is -5.56. The van der Waals surface area contributed by atoms with Crippen molar-refractivity contribution >= 4 is 56.7 Å². The van der Waals surface area contributed by atoms with Gasteiger partial charge in [-0.15, -0.1) is 10.2 Å². The number of carbonyl (C=O) groups is 4. The summed E-state index contributed by atoms with van der Waals surface area (Å²) in [7, 11) is -2.46. The van der Waals surface area contributed by atoms with E-state index in [0.29, 0.717) is 16.8 Å². The molecule has 0 aliphatic carbocycles. The SMILES string of the molecule is COc1cc(S(C)(=O)=O)ccc1N(C(=O)OCOC(=O)C1CCN(OC(=O)C(F)(F)F)CC1)c1nc2ccc(-c3ccc(NC(=O)[C@H](C)c4ccc(F)cc4)cc3)cn2n1. The summed E-state index contributed by atoms with van der Waals surface area (Å²) in [5, 5.41) is 8.11. The predicted molar refractivity (Wildman–Crippen MR) is 204 cm³/mol. The molecule has 0 radical (unpaired) electrons. The number of nitrogens with zero attached hydrogens (tertiary/aromatic N) is 5. The number of anilines is 3. The van der Waals surface area contributed by atoms with E-state index in [2.05, 4.69) is 20.2 Å². The first kappa shape index (κ1) is 43.0. The van der Waals surface area contributed by atoms with Gasteiger partial charge in [-0.1, -0.05) is 24.3 Å². The zero-order valence-electron chi connectivity index (χ0n) is 32.0. The molecular weight excluding hydrogens is 821 g/mol. The smallest absolute Gasteiger partial charge is 0.492 e. The van der Waals surface area contributed by atoms with E-state index in [9.17, 15) is 45.2 Å². The number of amides is 2. The fourth-order valence-corrected chi connectivity index (χ4v) is 6.71. The number of benzene rings is 3. The van der Waals surface area contributed by atoms with Gasteiger partial charge in [-0.2, -0.15) is 18.2 Å². The molecular formula is C39H36F4N6O10S. The van der Waals surface area contributed by atoms with Gasteiger partial charge in [0.25, 0.3) is 5.95 Å². The minimum Gasteiger partial charge on any atom is -0.495 e. The largest absolute Gasteiger partial charge is 0.495 e. The first-order chi connectivity index (χ1) is 28.4. The number of esters is 1. The van der Waals surface area contributed by atoms with Crippen LogP contribution in [0.25, 0.3) is 16.8 Å². The first-order valence-corrected chi connectivity index (χ1v) is 19.9. The number of rotatable bonds is 12. The molecule has 2 aromatic heterocycles. The van der Waals surface area contributed by atoms with Crippen LogP contribution in [-0.2, 0) is 38.5 Å². The van der Waals surface area contributed by atoms with E-state index in [-0.39, 0.29) is 59.8 Å². The molecule has 0 unspecified atom stereocenters. The van der Waals surface area contributed by atoms with Gasteiger partial charge in [0.2, 0.25) is 12.7 Å². The minimum atomic E-state index is -5.18. The number of fused-ring (bicyclic) bond motifs is 1. The maximum Gasteiger partial charge on any atom is 0.492 e. The molecule has 3 heterocycles. The summed E-state index contributed by atoms with van der Waals surface area (Å²) >= 11 is 0. The van der Waals surface area contributed by atoms with Gasteiger partial charge < -0.3 is 24.4 Å². The molecule has 6 rings (SSSR count). The second-order valence-corrected chi connectivity index (χ2v) is 15.5. The first-order valence-electron chi connectivity index (χ1n) is 18.0. The van der Waals surface area contributed by atoms with Crippen LogP contribution < -0.4 is 15.0 Å². The van der Waals surface area contributed by atoms with Crippen molar-refractivity contribution in [1.29, 1.82) is 0 Å². The van der Waals surface area contributed by atoms with Crippen molar-refractivity contribution in [3.05, 3.63) is 96.4 Å². The Morgan fingerprint density at radius 2 is 1.60 bits per heavy atom. The van der Waals surface area contributed by atoms with Gasteiger partial charge in [0.05, 0.1) is 29.5 Å². The van der Waals surface area contributed by atoms with Gasteiger partial charge in [0.1, 0.15) is 11.6 Å². The highest BCUT2D eigenvalue weighted by molar-refractivity contribution is 7.90. The molecule has 1 N–H and O–H groups in total. The fourth-order valence-electron chi connectivity index (χ4n) is 6.07. The Labute approximate surface area is 339 Å². The van der Waals surface area contributed by atoms with Crippen molar-refractivity contribution in [3.63, 3.8) is 0 Å². The third-order valence-corrected chi connectivity index (χ3v) is 10.5. The van der Waals surface area contributed by atoms with E-state index >= 15 is 0 Å². The normalized spacial score (nSPS) is 14.2. The number of ether oxygens (including phenoxy) is 3. The van der Waals surface area contributed by atoms with Crippen molar-refractivity contribution in [2.75, 3.05) is 43.5 Å². The van der Waals surface area contributed by atoms with E-state index in [1.165, 1.54) is 42.0 Å². The van der Waals surface area contributed by atoms with E-state index in [0.717, 1.165) is 21.8 Å². The van der Waals surface area contributed by atoms with Gasteiger partial charge in [-0.25, -0.2) is 31.8 Å². The van der Waals surface area contributed by atoms with Crippen LogP contribution >= 0.6 is 0 Å². The molecule has 1 saturated heterocycles. The van der Waals surface area contributed by atoms with Gasteiger partial charge in [-0.3, -0.25) is 9.59 Å². The molecule has 1 aliphatic heterocycles. The van der Waals surface area contributed by atoms with E-state index in [4.69, 9.17) is 14.2 Å². The second kappa shape index (κ2) is 17.7. The third-order valence-electron chi connectivity index (χ3n) is 9.39. The van der Waals surface area contributed by atoms with Crippen LogP contribution in [0.3, 0.4) is 0 Å². The quantitative estimate of drug-likeness (QED) is 0.0850. The van der Waals surface area contributed by atoms with Crippen molar-refractivity contribution < 1.29 is 64.2 Å². The van der Waals surface area contributed by atoms with Crippen LogP contribution in [0.4, 0.5) is 39.7 Å². The van der Waals surface area contributed by atoms with E-state index in [1.54, 1.807) is 61.7 Å². The zero-order valence-corrected chi connectivity index (χ0v) is 32.8. The van der Waals surface area contributed by atoms with Crippen LogP contribution in [0.1, 0.15) is 31.2 Å². The van der Waals surface area contributed by atoms with Crippen molar-refractivity contribution in [2.24, 2.45) is 5.92 Å². The van der Waals surface area contributed by atoms with E-state index < -0.39 is 58.5 Å². The van der Waals surface area contributed by atoms with Crippen LogP contribution in [-0.4, -0.2) is 91.4 Å². The number of carbonyl (C=O) groups excluding carboxylic acids is 4. The number of hydrogen-bond acceptors (Lipinski definition) is 13. The van der Waals surface area contributed by atoms with Crippen molar-refractivity contribution in [2.45, 2.75) is 36.8 Å². The predicted octanol–water partition coefficient (Wildman–Crippen LogP) is 6.20. The zero-order chi connectivity index (χ0) is 43.4. The molecule has 21 heteroatoms. The molecule has 2 amide bonds. The number of alkyl halides is 3. The number of sulfone groups is 1. The molecule has 316 valence electrons. The fraction of sp³-hybridized carbons (Fsp3) is 0.282. The monoisotopic (exact) mass is 856 g/mol. The number of methoxy groups -OCH3 is 1. The van der Waals surface area contributed by atoms with Gasteiger partial charge in [0, 0.05) is 42.9 Å². The molecule has 0 spiro atoms. The maximum absolute atomic E-state index is 13.7. The average molecular weight is 857 g/mol. The number of halogens is 4. The van der Waals surface area contributed by atoms with Gasteiger partial charge in [-0.05, 0) is 79.4 Å². The Kier molecular flexibility index (Phi) is 12.7. The summed E-state index contributed by atoms with van der Waals surface area (Å²) in [6.07, 6.45) is -3.76. The van der Waals surface area contributed by atoms with Gasteiger partial charge >= 0.3 is 24.2 Å². The summed E-state index contributed by atoms with van der Waals surface area (Å²) in [4.78, 5) is 60.0. The van der Waals surface area contributed by atoms with Crippen molar-refractivity contribution in [1.82, 2.24) is 19.7 Å². The van der Waals surface area contributed by atoms with Gasteiger partial charge in [0.15, 0.2) is 15.5 Å². The molecule has 5 aromatic rings. The number of pyridine rings is 1. The summed E-state index contributed by atoms with van der Waals surface area (Å²) < 4.78 is 92.9. The van der Waals surface area contributed by atoms with Crippen LogP contribution in [0.15, 0.2) is 90.0 Å². The Hall–Kier alpha value is -6.61. The lowest BCUT2D eigenvalue weighted by atomic mass is 9.98. The number of hydrogen-bond donors (Lipinski definition) is 1. The highest BCUT2D eigenvalue weighted by atomic mass is 32.2. The van der Waals surface area contributed by atoms with Crippen LogP contribution in [0, 0.1) is 11.7 Å². The number of piperidine rings is 1.